The summed E-state index contributed by atoms with van der Waals surface area (Å²) in [5.74, 6) is -1.40. The van der Waals surface area contributed by atoms with Crippen molar-refractivity contribution in [2.45, 2.75) is 0 Å². The van der Waals surface area contributed by atoms with Gasteiger partial charge in [-0.3, -0.25) is 10.4 Å². The van der Waals surface area contributed by atoms with Gasteiger partial charge in [-0.05, 0) is 6.07 Å². The zero-order chi connectivity index (χ0) is 9.14. The van der Waals surface area contributed by atoms with Crippen molar-refractivity contribution in [1.29, 1.82) is 5.41 Å². The highest BCUT2D eigenvalue weighted by Crippen LogP contribution is 2.04. The Labute approximate surface area is 68.4 Å². The van der Waals surface area contributed by atoms with Gasteiger partial charge in [0.25, 0.3) is 0 Å². The van der Waals surface area contributed by atoms with E-state index in [1.165, 1.54) is 18.5 Å². The molecule has 0 aliphatic carbocycles. The van der Waals surface area contributed by atoms with Crippen molar-refractivity contribution < 1.29 is 9.90 Å². The largest absolute Gasteiger partial charge is 0.478 e. The molecule has 5 nitrogen and oxygen atoms in total. The summed E-state index contributed by atoms with van der Waals surface area (Å²) in [6.45, 7) is 0. The summed E-state index contributed by atoms with van der Waals surface area (Å²) in [6.07, 6.45) is 2.60. The van der Waals surface area contributed by atoms with E-state index in [0.717, 1.165) is 0 Å². The highest BCUT2D eigenvalue weighted by molar-refractivity contribution is 6.04. The van der Waals surface area contributed by atoms with E-state index in [-0.39, 0.29) is 17.0 Å². The summed E-state index contributed by atoms with van der Waals surface area (Å²) >= 11 is 0. The number of carbonyl (C=O) groups is 1. The molecule has 0 bridgehead atoms. The third-order valence-corrected chi connectivity index (χ3v) is 1.34. The Bertz CT molecular complexity index is 302. The van der Waals surface area contributed by atoms with Crippen molar-refractivity contribution in [3.63, 3.8) is 0 Å². The van der Waals surface area contributed by atoms with Crippen LogP contribution in [-0.4, -0.2) is 21.9 Å². The quantitative estimate of drug-likeness (QED) is 0.426. The van der Waals surface area contributed by atoms with Gasteiger partial charge in [0.2, 0.25) is 0 Å². The van der Waals surface area contributed by atoms with Gasteiger partial charge in [-0.1, -0.05) is 0 Å². The predicted molar refractivity (Wildman–Crippen MR) is 42.2 cm³/mol. The Balaban J connectivity index is 3.27. The van der Waals surface area contributed by atoms with Gasteiger partial charge in [-0.15, -0.1) is 0 Å². The molecule has 0 aliphatic heterocycles. The summed E-state index contributed by atoms with van der Waals surface area (Å²) in [5, 5.41) is 15.7. The van der Waals surface area contributed by atoms with Gasteiger partial charge in [-0.25, -0.2) is 4.79 Å². The van der Waals surface area contributed by atoms with Crippen molar-refractivity contribution in [1.82, 2.24) is 4.98 Å². The van der Waals surface area contributed by atoms with Crippen LogP contribution in [-0.2, 0) is 0 Å². The maximum atomic E-state index is 10.5. The maximum absolute atomic E-state index is 10.5. The fourth-order valence-corrected chi connectivity index (χ4v) is 0.796. The van der Waals surface area contributed by atoms with E-state index in [2.05, 4.69) is 4.98 Å². The molecule has 62 valence electrons. The third kappa shape index (κ3) is 1.39. The van der Waals surface area contributed by atoms with Crippen molar-refractivity contribution >= 4 is 11.8 Å². The highest BCUT2D eigenvalue weighted by Gasteiger charge is 2.10. The van der Waals surface area contributed by atoms with Crippen molar-refractivity contribution in [3.05, 3.63) is 29.6 Å². The molecular formula is C7H7N3O2. The van der Waals surface area contributed by atoms with E-state index in [9.17, 15) is 4.79 Å². The number of carboxylic acids is 1. The Morgan fingerprint density at radius 1 is 1.58 bits per heavy atom. The van der Waals surface area contributed by atoms with E-state index in [4.69, 9.17) is 16.2 Å². The SMILES string of the molecule is N=C(N)c1cnccc1C(=O)O. The first-order chi connectivity index (χ1) is 5.63. The van der Waals surface area contributed by atoms with E-state index in [1.54, 1.807) is 0 Å². The van der Waals surface area contributed by atoms with Crippen LogP contribution < -0.4 is 5.73 Å². The summed E-state index contributed by atoms with van der Waals surface area (Å²) in [5.41, 5.74) is 5.27. The smallest absolute Gasteiger partial charge is 0.336 e. The molecule has 1 heterocycles. The lowest BCUT2D eigenvalue weighted by atomic mass is 10.1. The number of hydrogen-bond acceptors (Lipinski definition) is 3. The number of nitrogen functional groups attached to an aromatic ring is 1. The maximum Gasteiger partial charge on any atom is 0.336 e. The van der Waals surface area contributed by atoms with Crippen molar-refractivity contribution in [2.75, 3.05) is 0 Å². The fourth-order valence-electron chi connectivity index (χ4n) is 0.796. The van der Waals surface area contributed by atoms with Gasteiger partial charge in [-0.2, -0.15) is 0 Å². The van der Waals surface area contributed by atoms with E-state index in [0.29, 0.717) is 0 Å². The molecule has 0 aliphatic rings. The number of hydrogen-bond donors (Lipinski definition) is 3. The zero-order valence-electron chi connectivity index (χ0n) is 6.11. The highest BCUT2D eigenvalue weighted by atomic mass is 16.4. The molecular weight excluding hydrogens is 158 g/mol. The molecule has 5 heteroatoms. The minimum Gasteiger partial charge on any atom is -0.478 e. The van der Waals surface area contributed by atoms with Crippen molar-refractivity contribution in [3.8, 4) is 0 Å². The van der Waals surface area contributed by atoms with Crippen molar-refractivity contribution in [2.24, 2.45) is 5.73 Å². The molecule has 0 fully saturated rings. The number of nitrogens with zero attached hydrogens (tertiary/aromatic N) is 1. The first-order valence-electron chi connectivity index (χ1n) is 3.14. The zero-order valence-corrected chi connectivity index (χ0v) is 6.11. The lowest BCUT2D eigenvalue weighted by Crippen LogP contribution is -2.16. The van der Waals surface area contributed by atoms with Gasteiger partial charge in [0, 0.05) is 18.0 Å². The molecule has 0 aromatic carbocycles. The summed E-state index contributed by atoms with van der Waals surface area (Å²) in [6, 6.07) is 1.30. The fraction of sp³-hybridized carbons (Fsp3) is 0. The molecule has 0 radical (unpaired) electrons. The number of amidine groups is 1. The van der Waals surface area contributed by atoms with Gasteiger partial charge in [0.1, 0.15) is 5.84 Å². The molecule has 1 aromatic heterocycles. The molecule has 0 saturated heterocycles. The normalized spacial score (nSPS) is 9.33. The van der Waals surface area contributed by atoms with Crippen LogP contribution in [0.1, 0.15) is 15.9 Å². The lowest BCUT2D eigenvalue weighted by molar-refractivity contribution is 0.0696. The molecule has 0 amide bonds. The molecule has 0 spiro atoms. The topological polar surface area (TPSA) is 100 Å². The van der Waals surface area contributed by atoms with E-state index < -0.39 is 5.97 Å². The second-order valence-corrected chi connectivity index (χ2v) is 2.14. The Hall–Kier alpha value is -1.91. The monoisotopic (exact) mass is 165 g/mol. The van der Waals surface area contributed by atoms with Crippen LogP contribution in [0, 0.1) is 5.41 Å². The first-order valence-corrected chi connectivity index (χ1v) is 3.14. The number of rotatable bonds is 2. The first kappa shape index (κ1) is 8.19. The molecule has 12 heavy (non-hydrogen) atoms. The number of carboxylic acid groups (broad SMARTS) is 1. The van der Waals surface area contributed by atoms with Gasteiger partial charge in [0.15, 0.2) is 0 Å². The number of nitrogens with two attached hydrogens (primary N) is 1. The average Bonchev–Trinajstić information content (AvgIpc) is 2.04. The minimum absolute atomic E-state index is 0.00231. The number of aromatic nitrogens is 1. The standard InChI is InChI=1S/C7H7N3O2/c8-6(9)5-3-10-2-1-4(5)7(11)12/h1-3H,(H3,8,9)(H,11,12). The second kappa shape index (κ2) is 3.00. The van der Waals surface area contributed by atoms with Gasteiger partial charge < -0.3 is 10.8 Å². The van der Waals surface area contributed by atoms with Gasteiger partial charge >= 0.3 is 5.97 Å². The minimum atomic E-state index is -1.11. The number of nitrogens with one attached hydrogen (secondary N) is 1. The van der Waals surface area contributed by atoms with Gasteiger partial charge in [0.05, 0.1) is 5.56 Å². The van der Waals surface area contributed by atoms with Crippen LogP contribution in [0.25, 0.3) is 0 Å². The predicted octanol–water partition coefficient (Wildman–Crippen LogP) is 0.0639. The molecule has 1 rings (SSSR count). The Morgan fingerprint density at radius 3 is 2.67 bits per heavy atom. The molecule has 1 aromatic rings. The molecule has 0 atom stereocenters. The third-order valence-electron chi connectivity index (χ3n) is 1.34. The Morgan fingerprint density at radius 2 is 2.25 bits per heavy atom. The van der Waals surface area contributed by atoms with Crippen LogP contribution in [0.3, 0.4) is 0 Å². The van der Waals surface area contributed by atoms with Crippen LogP contribution in [0.15, 0.2) is 18.5 Å². The number of pyridine rings is 1. The number of aromatic carboxylic acids is 1. The average molecular weight is 165 g/mol. The van der Waals surface area contributed by atoms with Crippen LogP contribution in [0.5, 0.6) is 0 Å². The van der Waals surface area contributed by atoms with E-state index in [1.807, 2.05) is 0 Å². The summed E-state index contributed by atoms with van der Waals surface area (Å²) in [7, 11) is 0. The van der Waals surface area contributed by atoms with E-state index >= 15 is 0 Å². The van der Waals surface area contributed by atoms with Crippen LogP contribution in [0.4, 0.5) is 0 Å². The molecule has 4 N–H and O–H groups in total. The van der Waals surface area contributed by atoms with Crippen LogP contribution >= 0.6 is 0 Å². The molecule has 0 saturated carbocycles. The summed E-state index contributed by atoms with van der Waals surface area (Å²) in [4.78, 5) is 14.2. The summed E-state index contributed by atoms with van der Waals surface area (Å²) < 4.78 is 0. The van der Waals surface area contributed by atoms with Crippen LogP contribution in [0.2, 0.25) is 0 Å². The second-order valence-electron chi connectivity index (χ2n) is 2.14. The Kier molecular flexibility index (Phi) is 2.05. The molecule has 0 unspecified atom stereocenters. The lowest BCUT2D eigenvalue weighted by Gasteiger charge is -2.00.